The largest absolute Gasteiger partial charge is 0.326 e. The molecule has 0 spiro atoms. The summed E-state index contributed by atoms with van der Waals surface area (Å²) in [5, 5.41) is 6.31. The summed E-state index contributed by atoms with van der Waals surface area (Å²) in [6.07, 6.45) is 2.00. The molecule has 18 heavy (non-hydrogen) atoms. The molecule has 0 aliphatic carbocycles. The van der Waals surface area contributed by atoms with Crippen LogP contribution in [0.3, 0.4) is 0 Å². The molecule has 1 amide bonds. The van der Waals surface area contributed by atoms with Gasteiger partial charge in [0.25, 0.3) is 0 Å². The zero-order chi connectivity index (χ0) is 13.2. The quantitative estimate of drug-likeness (QED) is 0.881. The highest BCUT2D eigenvalue weighted by atomic mass is 79.9. The van der Waals surface area contributed by atoms with Crippen LogP contribution >= 0.6 is 15.9 Å². The SMILES string of the molecule is Cc1cc(NC(=O)C2(C)CCCNC2)ccc1Br. The van der Waals surface area contributed by atoms with Crippen LogP contribution < -0.4 is 10.6 Å². The lowest BCUT2D eigenvalue weighted by Gasteiger charge is -2.32. The molecule has 1 aromatic carbocycles. The van der Waals surface area contributed by atoms with E-state index in [1.807, 2.05) is 32.0 Å². The monoisotopic (exact) mass is 310 g/mol. The Balaban J connectivity index is 2.08. The van der Waals surface area contributed by atoms with Crippen molar-refractivity contribution in [2.75, 3.05) is 18.4 Å². The molecule has 3 nitrogen and oxygen atoms in total. The van der Waals surface area contributed by atoms with Crippen LogP contribution in [0.25, 0.3) is 0 Å². The average Bonchev–Trinajstić information content (AvgIpc) is 2.35. The molecule has 1 unspecified atom stereocenters. The molecule has 1 aliphatic heterocycles. The van der Waals surface area contributed by atoms with E-state index in [-0.39, 0.29) is 11.3 Å². The minimum atomic E-state index is -0.292. The molecular weight excluding hydrogens is 292 g/mol. The first-order valence-corrected chi connectivity index (χ1v) is 7.09. The normalized spacial score (nSPS) is 23.7. The Morgan fingerprint density at radius 1 is 1.50 bits per heavy atom. The van der Waals surface area contributed by atoms with Crippen LogP contribution in [-0.4, -0.2) is 19.0 Å². The molecule has 0 aromatic heterocycles. The van der Waals surface area contributed by atoms with Gasteiger partial charge in [-0.15, -0.1) is 0 Å². The van der Waals surface area contributed by atoms with Gasteiger partial charge in [0.15, 0.2) is 0 Å². The topological polar surface area (TPSA) is 41.1 Å². The number of halogens is 1. The summed E-state index contributed by atoms with van der Waals surface area (Å²) in [6.45, 7) is 5.82. The third-order valence-electron chi connectivity index (χ3n) is 3.56. The van der Waals surface area contributed by atoms with Crippen molar-refractivity contribution >= 4 is 27.5 Å². The molecule has 1 atom stereocenters. The second-order valence-corrected chi connectivity index (χ2v) is 6.11. The van der Waals surface area contributed by atoms with E-state index in [9.17, 15) is 4.79 Å². The molecule has 2 N–H and O–H groups in total. The number of anilines is 1. The lowest BCUT2D eigenvalue weighted by atomic mass is 9.82. The summed E-state index contributed by atoms with van der Waals surface area (Å²) >= 11 is 3.46. The zero-order valence-corrected chi connectivity index (χ0v) is 12.4. The van der Waals surface area contributed by atoms with Crippen molar-refractivity contribution in [3.63, 3.8) is 0 Å². The van der Waals surface area contributed by atoms with Crippen LogP contribution in [0.4, 0.5) is 5.69 Å². The molecule has 0 radical (unpaired) electrons. The van der Waals surface area contributed by atoms with Gasteiger partial charge in [-0.1, -0.05) is 15.9 Å². The summed E-state index contributed by atoms with van der Waals surface area (Å²) in [5.74, 6) is 0.108. The van der Waals surface area contributed by atoms with Crippen LogP contribution in [0.2, 0.25) is 0 Å². The minimum absolute atomic E-state index is 0.108. The van der Waals surface area contributed by atoms with E-state index < -0.39 is 0 Å². The van der Waals surface area contributed by atoms with E-state index in [0.29, 0.717) is 0 Å². The molecule has 98 valence electrons. The maximum atomic E-state index is 12.3. The molecule has 0 bridgehead atoms. The Hall–Kier alpha value is -0.870. The van der Waals surface area contributed by atoms with E-state index in [0.717, 1.165) is 41.7 Å². The Morgan fingerprint density at radius 3 is 2.89 bits per heavy atom. The Morgan fingerprint density at radius 2 is 2.28 bits per heavy atom. The van der Waals surface area contributed by atoms with Gasteiger partial charge in [-0.2, -0.15) is 0 Å². The second kappa shape index (κ2) is 5.41. The van der Waals surface area contributed by atoms with Crippen LogP contribution in [0.1, 0.15) is 25.3 Å². The van der Waals surface area contributed by atoms with Crippen LogP contribution in [0.5, 0.6) is 0 Å². The number of carbonyl (C=O) groups is 1. The van der Waals surface area contributed by atoms with Crippen molar-refractivity contribution in [2.45, 2.75) is 26.7 Å². The van der Waals surface area contributed by atoms with E-state index >= 15 is 0 Å². The number of benzene rings is 1. The highest BCUT2D eigenvalue weighted by Gasteiger charge is 2.34. The van der Waals surface area contributed by atoms with Gasteiger partial charge >= 0.3 is 0 Å². The Bertz CT molecular complexity index is 453. The van der Waals surface area contributed by atoms with Crippen molar-refractivity contribution in [1.29, 1.82) is 0 Å². The molecule has 0 saturated carbocycles. The van der Waals surface area contributed by atoms with E-state index in [4.69, 9.17) is 0 Å². The minimum Gasteiger partial charge on any atom is -0.326 e. The Kier molecular flexibility index (Phi) is 4.07. The summed E-state index contributed by atoms with van der Waals surface area (Å²) in [4.78, 5) is 12.3. The van der Waals surface area contributed by atoms with Crippen molar-refractivity contribution in [3.8, 4) is 0 Å². The number of hydrogen-bond donors (Lipinski definition) is 2. The maximum Gasteiger partial charge on any atom is 0.231 e. The first-order chi connectivity index (χ1) is 8.51. The molecule has 1 heterocycles. The van der Waals surface area contributed by atoms with Crippen molar-refractivity contribution in [1.82, 2.24) is 5.32 Å². The summed E-state index contributed by atoms with van der Waals surface area (Å²) in [7, 11) is 0. The number of aryl methyl sites for hydroxylation is 1. The average molecular weight is 311 g/mol. The predicted octanol–water partition coefficient (Wildman–Crippen LogP) is 3.09. The first kappa shape index (κ1) is 13.6. The third kappa shape index (κ3) is 2.93. The van der Waals surface area contributed by atoms with Gasteiger partial charge in [0.1, 0.15) is 0 Å². The maximum absolute atomic E-state index is 12.3. The standard InChI is InChI=1S/C14H19BrN2O/c1-10-8-11(4-5-12(10)15)17-13(18)14(2)6-3-7-16-9-14/h4-5,8,16H,3,6-7,9H2,1-2H3,(H,17,18). The third-order valence-corrected chi connectivity index (χ3v) is 4.45. The zero-order valence-electron chi connectivity index (χ0n) is 10.8. The van der Waals surface area contributed by atoms with Crippen LogP contribution in [0.15, 0.2) is 22.7 Å². The van der Waals surface area contributed by atoms with Crippen molar-refractivity contribution < 1.29 is 4.79 Å². The molecule has 1 saturated heterocycles. The fourth-order valence-corrected chi connectivity index (χ4v) is 2.50. The van der Waals surface area contributed by atoms with Crippen molar-refractivity contribution in [3.05, 3.63) is 28.2 Å². The summed E-state index contributed by atoms with van der Waals surface area (Å²) < 4.78 is 1.06. The van der Waals surface area contributed by atoms with Crippen LogP contribution in [0, 0.1) is 12.3 Å². The van der Waals surface area contributed by atoms with Gasteiger partial charge in [0.2, 0.25) is 5.91 Å². The van der Waals surface area contributed by atoms with E-state index in [1.54, 1.807) is 0 Å². The van der Waals surface area contributed by atoms with Gasteiger partial charge in [0, 0.05) is 16.7 Å². The highest BCUT2D eigenvalue weighted by Crippen LogP contribution is 2.28. The number of piperidine rings is 1. The first-order valence-electron chi connectivity index (χ1n) is 6.30. The lowest BCUT2D eigenvalue weighted by molar-refractivity contribution is -0.125. The number of hydrogen-bond acceptors (Lipinski definition) is 2. The smallest absolute Gasteiger partial charge is 0.231 e. The summed E-state index contributed by atoms with van der Waals surface area (Å²) in [5.41, 5.74) is 1.70. The number of rotatable bonds is 2. The molecule has 1 aromatic rings. The van der Waals surface area contributed by atoms with E-state index in [2.05, 4.69) is 26.6 Å². The van der Waals surface area contributed by atoms with Gasteiger partial charge in [0.05, 0.1) is 5.41 Å². The van der Waals surface area contributed by atoms with Crippen LogP contribution in [-0.2, 0) is 4.79 Å². The van der Waals surface area contributed by atoms with Gasteiger partial charge in [-0.25, -0.2) is 0 Å². The molecule has 1 fully saturated rings. The van der Waals surface area contributed by atoms with Gasteiger partial charge < -0.3 is 10.6 Å². The molecular formula is C14H19BrN2O. The fourth-order valence-electron chi connectivity index (χ4n) is 2.25. The van der Waals surface area contributed by atoms with Crippen molar-refractivity contribution in [2.24, 2.45) is 5.41 Å². The number of amides is 1. The molecule has 1 aliphatic rings. The van der Waals surface area contributed by atoms with Gasteiger partial charge in [-0.3, -0.25) is 4.79 Å². The number of carbonyl (C=O) groups excluding carboxylic acids is 1. The highest BCUT2D eigenvalue weighted by molar-refractivity contribution is 9.10. The second-order valence-electron chi connectivity index (χ2n) is 5.26. The number of nitrogens with one attached hydrogen (secondary N) is 2. The predicted molar refractivity (Wildman–Crippen MR) is 77.7 cm³/mol. The fraction of sp³-hybridized carbons (Fsp3) is 0.500. The Labute approximate surface area is 116 Å². The van der Waals surface area contributed by atoms with Gasteiger partial charge in [-0.05, 0) is 57.0 Å². The van der Waals surface area contributed by atoms with E-state index in [1.165, 1.54) is 0 Å². The lowest BCUT2D eigenvalue weighted by Crippen LogP contribution is -2.46. The molecule has 4 heteroatoms. The molecule has 2 rings (SSSR count). The summed E-state index contributed by atoms with van der Waals surface area (Å²) in [6, 6.07) is 5.88.